The Labute approximate surface area is 198 Å². The number of imidazole rings is 1. The van der Waals surface area contributed by atoms with Crippen LogP contribution in [-0.2, 0) is 11.3 Å². The van der Waals surface area contributed by atoms with Gasteiger partial charge in [0.2, 0.25) is 5.91 Å². The lowest BCUT2D eigenvalue weighted by atomic mass is 10.1. The Kier molecular flexibility index (Phi) is 6.05. The van der Waals surface area contributed by atoms with Gasteiger partial charge in [-0.2, -0.15) is 0 Å². The first kappa shape index (κ1) is 21.5. The van der Waals surface area contributed by atoms with Gasteiger partial charge in [-0.3, -0.25) is 4.79 Å². The van der Waals surface area contributed by atoms with Crippen LogP contribution < -0.4 is 9.64 Å². The molecule has 1 atom stereocenters. The summed E-state index contributed by atoms with van der Waals surface area (Å²) < 4.78 is 8.15. The van der Waals surface area contributed by atoms with Crippen LogP contribution in [0, 0.1) is 6.92 Å². The van der Waals surface area contributed by atoms with Gasteiger partial charge in [-0.1, -0.05) is 41.9 Å². The number of rotatable bonds is 7. The van der Waals surface area contributed by atoms with E-state index in [1.54, 1.807) is 0 Å². The summed E-state index contributed by atoms with van der Waals surface area (Å²) in [6.45, 7) is 4.06. The number of fused-ring (bicyclic) bond motifs is 1. The lowest BCUT2D eigenvalue weighted by Gasteiger charge is -2.19. The highest BCUT2D eigenvalue weighted by Crippen LogP contribution is 2.34. The van der Waals surface area contributed by atoms with Gasteiger partial charge < -0.3 is 14.2 Å². The van der Waals surface area contributed by atoms with Gasteiger partial charge in [-0.15, -0.1) is 0 Å². The van der Waals surface area contributed by atoms with Crippen molar-refractivity contribution in [1.82, 2.24) is 9.55 Å². The highest BCUT2D eigenvalue weighted by molar-refractivity contribution is 6.30. The molecular weight excluding hydrogens is 434 g/mol. The van der Waals surface area contributed by atoms with Gasteiger partial charge in [0.05, 0.1) is 17.6 Å². The zero-order valence-corrected chi connectivity index (χ0v) is 19.3. The molecule has 0 radical (unpaired) electrons. The van der Waals surface area contributed by atoms with Crippen molar-refractivity contribution in [2.75, 3.05) is 18.1 Å². The van der Waals surface area contributed by atoms with Crippen LogP contribution in [0.3, 0.4) is 0 Å². The zero-order valence-electron chi connectivity index (χ0n) is 18.6. The van der Waals surface area contributed by atoms with Crippen LogP contribution in [0.2, 0.25) is 5.02 Å². The maximum Gasteiger partial charge on any atom is 0.227 e. The van der Waals surface area contributed by atoms with Crippen molar-refractivity contribution in [3.8, 4) is 5.75 Å². The summed E-state index contributed by atoms with van der Waals surface area (Å²) >= 11 is 5.95. The fourth-order valence-corrected chi connectivity index (χ4v) is 4.69. The number of nitrogens with zero attached hydrogens (tertiary/aromatic N) is 3. The van der Waals surface area contributed by atoms with E-state index in [0.29, 0.717) is 24.6 Å². The zero-order chi connectivity index (χ0) is 22.8. The largest absolute Gasteiger partial charge is 0.494 e. The smallest absolute Gasteiger partial charge is 0.227 e. The van der Waals surface area contributed by atoms with Gasteiger partial charge in [0.1, 0.15) is 11.6 Å². The third kappa shape index (κ3) is 4.46. The number of aromatic nitrogens is 2. The molecule has 0 bridgehead atoms. The number of carbonyl (C=O) groups excluding carboxylic acids is 1. The van der Waals surface area contributed by atoms with E-state index >= 15 is 0 Å². The first-order chi connectivity index (χ1) is 16.1. The number of hydrogen-bond acceptors (Lipinski definition) is 3. The van der Waals surface area contributed by atoms with E-state index in [9.17, 15) is 4.79 Å². The number of para-hydroxylation sites is 3. The minimum atomic E-state index is 0.0571. The molecule has 1 amide bonds. The molecule has 1 aliphatic rings. The van der Waals surface area contributed by atoms with Gasteiger partial charge in [0.15, 0.2) is 0 Å². The van der Waals surface area contributed by atoms with Crippen LogP contribution in [0.15, 0.2) is 72.8 Å². The van der Waals surface area contributed by atoms with E-state index < -0.39 is 0 Å². The number of halogens is 1. The van der Waals surface area contributed by atoms with Gasteiger partial charge in [-0.25, -0.2) is 4.98 Å². The average molecular weight is 460 g/mol. The van der Waals surface area contributed by atoms with Crippen LogP contribution in [0.25, 0.3) is 11.0 Å². The molecule has 3 aromatic carbocycles. The molecule has 4 aromatic rings. The second kappa shape index (κ2) is 9.28. The monoisotopic (exact) mass is 459 g/mol. The predicted molar refractivity (Wildman–Crippen MR) is 132 cm³/mol. The van der Waals surface area contributed by atoms with Gasteiger partial charge in [-0.05, 0) is 61.4 Å². The Hall–Kier alpha value is -3.31. The van der Waals surface area contributed by atoms with E-state index in [4.69, 9.17) is 21.3 Å². The second-order valence-corrected chi connectivity index (χ2v) is 8.89. The highest BCUT2D eigenvalue weighted by Gasteiger charge is 2.35. The standard InChI is InChI=1S/C27H26ClN3O2/c1-19-7-2-4-9-24(19)31-18-20(17-26(31)32)27-29-23-8-3-5-10-25(23)30(27)15-6-16-33-22-13-11-21(28)12-14-22/h2-5,7-14,20H,6,15-18H2,1H3/t20-/m0/s1. The third-order valence-corrected chi connectivity index (χ3v) is 6.44. The average Bonchev–Trinajstić information content (AvgIpc) is 3.39. The van der Waals surface area contributed by atoms with Crippen molar-refractivity contribution in [2.45, 2.75) is 32.2 Å². The van der Waals surface area contributed by atoms with Crippen LogP contribution in [-0.4, -0.2) is 28.6 Å². The fourth-order valence-electron chi connectivity index (χ4n) is 4.56. The number of ether oxygens (including phenoxy) is 1. The molecule has 168 valence electrons. The maximum atomic E-state index is 12.9. The van der Waals surface area contributed by atoms with E-state index in [1.165, 1.54) is 0 Å². The Morgan fingerprint density at radius 3 is 2.61 bits per heavy atom. The van der Waals surface area contributed by atoms with Crippen molar-refractivity contribution in [1.29, 1.82) is 0 Å². The summed E-state index contributed by atoms with van der Waals surface area (Å²) in [5.41, 5.74) is 4.16. The van der Waals surface area contributed by atoms with Gasteiger partial charge in [0, 0.05) is 36.1 Å². The molecule has 0 saturated carbocycles. The second-order valence-electron chi connectivity index (χ2n) is 8.46. The van der Waals surface area contributed by atoms with Crippen LogP contribution in [0.4, 0.5) is 5.69 Å². The van der Waals surface area contributed by atoms with Crippen LogP contribution >= 0.6 is 11.6 Å². The number of carbonyl (C=O) groups is 1. The minimum Gasteiger partial charge on any atom is -0.494 e. The molecule has 33 heavy (non-hydrogen) atoms. The molecule has 0 spiro atoms. The molecule has 1 saturated heterocycles. The normalized spacial score (nSPS) is 16.0. The number of benzene rings is 3. The predicted octanol–water partition coefficient (Wildman–Crippen LogP) is 5.99. The lowest BCUT2D eigenvalue weighted by Crippen LogP contribution is -2.25. The Balaban J connectivity index is 1.35. The Bertz CT molecular complexity index is 1280. The Morgan fingerprint density at radius 2 is 1.79 bits per heavy atom. The number of aryl methyl sites for hydroxylation is 2. The molecule has 1 aromatic heterocycles. The van der Waals surface area contributed by atoms with E-state index in [2.05, 4.69) is 10.6 Å². The molecule has 5 rings (SSSR count). The molecule has 0 unspecified atom stereocenters. The molecule has 0 aliphatic carbocycles. The lowest BCUT2D eigenvalue weighted by molar-refractivity contribution is -0.117. The SMILES string of the molecule is Cc1ccccc1N1C[C@@H](c2nc3ccccc3n2CCCOc2ccc(Cl)cc2)CC1=O. The van der Waals surface area contributed by atoms with Crippen molar-refractivity contribution >= 4 is 34.2 Å². The number of amides is 1. The van der Waals surface area contributed by atoms with E-state index in [0.717, 1.165) is 46.8 Å². The Morgan fingerprint density at radius 1 is 1.03 bits per heavy atom. The number of anilines is 1. The molecule has 6 heteroatoms. The quantitative estimate of drug-likeness (QED) is 0.319. The molecule has 1 fully saturated rings. The topological polar surface area (TPSA) is 47.4 Å². The summed E-state index contributed by atoms with van der Waals surface area (Å²) in [6, 6.07) is 23.7. The fraction of sp³-hybridized carbons (Fsp3) is 0.259. The van der Waals surface area contributed by atoms with E-state index in [-0.39, 0.29) is 11.8 Å². The summed E-state index contributed by atoms with van der Waals surface area (Å²) in [7, 11) is 0. The van der Waals surface area contributed by atoms with Crippen molar-refractivity contribution in [3.63, 3.8) is 0 Å². The first-order valence-corrected chi connectivity index (χ1v) is 11.7. The molecular formula is C27H26ClN3O2. The van der Waals surface area contributed by atoms with Crippen molar-refractivity contribution < 1.29 is 9.53 Å². The third-order valence-electron chi connectivity index (χ3n) is 6.19. The van der Waals surface area contributed by atoms with Crippen molar-refractivity contribution in [2.24, 2.45) is 0 Å². The summed E-state index contributed by atoms with van der Waals surface area (Å²) in [5, 5.41) is 0.697. The number of hydrogen-bond donors (Lipinski definition) is 0. The summed E-state index contributed by atoms with van der Waals surface area (Å²) in [6.07, 6.45) is 1.30. The van der Waals surface area contributed by atoms with Crippen LogP contribution in [0.1, 0.15) is 30.1 Å². The molecule has 2 heterocycles. The first-order valence-electron chi connectivity index (χ1n) is 11.3. The maximum absolute atomic E-state index is 12.9. The highest BCUT2D eigenvalue weighted by atomic mass is 35.5. The minimum absolute atomic E-state index is 0.0571. The molecule has 0 N–H and O–H groups in total. The summed E-state index contributed by atoms with van der Waals surface area (Å²) in [4.78, 5) is 19.8. The van der Waals surface area contributed by atoms with Gasteiger partial charge in [0.25, 0.3) is 0 Å². The van der Waals surface area contributed by atoms with Crippen LogP contribution in [0.5, 0.6) is 5.75 Å². The molecule has 1 aliphatic heterocycles. The van der Waals surface area contributed by atoms with Gasteiger partial charge >= 0.3 is 0 Å². The van der Waals surface area contributed by atoms with Crippen molar-refractivity contribution in [3.05, 3.63) is 89.2 Å². The summed E-state index contributed by atoms with van der Waals surface area (Å²) in [5.74, 6) is 2.00. The molecule has 5 nitrogen and oxygen atoms in total. The van der Waals surface area contributed by atoms with E-state index in [1.807, 2.05) is 78.6 Å².